The Bertz CT molecular complexity index is 5820. The molecule has 0 amide bonds. The second-order valence-corrected chi connectivity index (χ2v) is 22.8. The highest BCUT2D eigenvalue weighted by Crippen LogP contribution is 2.47. The van der Waals surface area contributed by atoms with Crippen molar-refractivity contribution in [1.29, 1.82) is 0 Å². The van der Waals surface area contributed by atoms with E-state index in [9.17, 15) is 0 Å². The maximum Gasteiger partial charge on any atom is 0.227 e. The lowest BCUT2D eigenvalue weighted by Gasteiger charge is -2.25. The molecule has 0 aliphatic heterocycles. The third-order valence-electron chi connectivity index (χ3n) is 17.9. The molecule has 410 valence electrons. The van der Waals surface area contributed by atoms with E-state index in [1.54, 1.807) is 6.20 Å². The van der Waals surface area contributed by atoms with Gasteiger partial charge in [0.25, 0.3) is 0 Å². The number of hydrogen-bond acceptors (Lipinski definition) is 6. The Labute approximate surface area is 505 Å². The minimum absolute atomic E-state index is 0.632. The smallest absolute Gasteiger partial charge is 0.227 e. The van der Waals surface area contributed by atoms with Crippen molar-refractivity contribution in [2.24, 2.45) is 0 Å². The molecule has 0 radical (unpaired) electrons. The molecule has 88 heavy (non-hydrogen) atoms. The first kappa shape index (κ1) is 49.6. The summed E-state index contributed by atoms with van der Waals surface area (Å²) in [5.74, 6) is 0. The predicted octanol–water partition coefficient (Wildman–Crippen LogP) is 23.1. The maximum absolute atomic E-state index is 6.99. The molecule has 0 saturated heterocycles. The van der Waals surface area contributed by atoms with E-state index in [0.29, 0.717) is 5.71 Å². The standard InChI is InChI=1S/C82H50N4O2/c1-3-15-59(16-4-1)85(74-25-11-22-70-71-24-13-46-84-82(71)88-80(70)74)61-37-29-51(30-38-61)54-33-41-63-55(48-54)34-43-68-64-42-36-58(49-56(64)35-44-67(63)68)79-78-72-23-12-26-75(81(72)87-76(78)45-47-83-79)86(60-17-5-2-6-18-60)62-39-31-53(32-40-62)73-50-57-28-27-52-14-7-8-19-65(52)77(57)69-21-10-9-20-66(69)73/h1-50H. The molecule has 0 aliphatic rings. The molecule has 0 spiro atoms. The molecule has 4 heterocycles. The summed E-state index contributed by atoms with van der Waals surface area (Å²) >= 11 is 0. The van der Waals surface area contributed by atoms with E-state index < -0.39 is 0 Å². The van der Waals surface area contributed by atoms with Gasteiger partial charge in [-0.25, -0.2) is 4.98 Å². The van der Waals surface area contributed by atoms with E-state index in [1.165, 1.54) is 64.8 Å². The van der Waals surface area contributed by atoms with Crippen LogP contribution >= 0.6 is 0 Å². The van der Waals surface area contributed by atoms with Gasteiger partial charge < -0.3 is 18.6 Å². The van der Waals surface area contributed by atoms with Crippen molar-refractivity contribution in [3.8, 4) is 33.5 Å². The second kappa shape index (κ2) is 19.9. The highest BCUT2D eigenvalue weighted by Gasteiger charge is 2.24. The number of anilines is 6. The molecule has 6 nitrogen and oxygen atoms in total. The Morgan fingerprint density at radius 3 is 1.49 bits per heavy atom. The zero-order valence-electron chi connectivity index (χ0n) is 47.5. The van der Waals surface area contributed by atoms with Gasteiger partial charge in [0, 0.05) is 56.9 Å². The first-order valence-electron chi connectivity index (χ1n) is 29.8. The van der Waals surface area contributed by atoms with Gasteiger partial charge in [0.15, 0.2) is 11.2 Å². The van der Waals surface area contributed by atoms with Crippen molar-refractivity contribution in [2.45, 2.75) is 0 Å². The lowest BCUT2D eigenvalue weighted by molar-refractivity contribution is 0.654. The summed E-state index contributed by atoms with van der Waals surface area (Å²) in [6.45, 7) is 0. The van der Waals surface area contributed by atoms with Crippen LogP contribution < -0.4 is 9.80 Å². The molecular formula is C82H50N4O2. The molecule has 0 saturated carbocycles. The first-order valence-corrected chi connectivity index (χ1v) is 29.8. The summed E-state index contributed by atoms with van der Waals surface area (Å²) in [7, 11) is 0. The maximum atomic E-state index is 6.99. The van der Waals surface area contributed by atoms with Gasteiger partial charge >= 0.3 is 0 Å². The number of benzene rings is 14. The van der Waals surface area contributed by atoms with Gasteiger partial charge in [-0.2, -0.15) is 0 Å². The average molecular weight is 1120 g/mol. The van der Waals surface area contributed by atoms with Gasteiger partial charge in [-0.1, -0.05) is 194 Å². The fourth-order valence-corrected chi connectivity index (χ4v) is 13.9. The summed E-state index contributed by atoms with van der Waals surface area (Å²) < 4.78 is 13.4. The number of pyridine rings is 2. The van der Waals surface area contributed by atoms with E-state index >= 15 is 0 Å². The molecule has 18 aromatic rings. The summed E-state index contributed by atoms with van der Waals surface area (Å²) in [5, 5.41) is 18.7. The normalized spacial score (nSPS) is 11.9. The van der Waals surface area contributed by atoms with E-state index in [0.717, 1.165) is 106 Å². The minimum Gasteiger partial charge on any atom is -0.454 e. The van der Waals surface area contributed by atoms with Crippen LogP contribution in [-0.2, 0) is 0 Å². The molecule has 6 heteroatoms. The van der Waals surface area contributed by atoms with Crippen LogP contribution in [0.1, 0.15) is 0 Å². The molecule has 0 unspecified atom stereocenters. The number of para-hydroxylation sites is 4. The molecular weight excluding hydrogens is 1070 g/mol. The highest BCUT2D eigenvalue weighted by molar-refractivity contribution is 6.24. The second-order valence-electron chi connectivity index (χ2n) is 22.8. The summed E-state index contributed by atoms with van der Waals surface area (Å²) in [4.78, 5) is 14.2. The number of rotatable bonds is 9. The molecule has 0 N–H and O–H groups in total. The molecule has 0 aliphatic carbocycles. The Kier molecular flexibility index (Phi) is 11.2. The van der Waals surface area contributed by atoms with Crippen LogP contribution in [-0.4, -0.2) is 9.97 Å². The number of nitrogens with zero attached hydrogens (tertiary/aromatic N) is 4. The quantitative estimate of drug-likeness (QED) is 0.134. The zero-order valence-corrected chi connectivity index (χ0v) is 47.5. The van der Waals surface area contributed by atoms with Crippen molar-refractivity contribution >= 4 is 143 Å². The van der Waals surface area contributed by atoms with Crippen molar-refractivity contribution < 1.29 is 8.83 Å². The summed E-state index contributed by atoms with van der Waals surface area (Å²) in [6.07, 6.45) is 3.64. The fraction of sp³-hybridized carbons (Fsp3) is 0. The van der Waals surface area contributed by atoms with Gasteiger partial charge in [-0.3, -0.25) is 4.98 Å². The Morgan fingerprint density at radius 2 is 0.784 bits per heavy atom. The summed E-state index contributed by atoms with van der Waals surface area (Å²) in [6, 6.07) is 105. The predicted molar refractivity (Wildman–Crippen MR) is 367 cm³/mol. The Morgan fingerprint density at radius 1 is 0.261 bits per heavy atom. The Balaban J connectivity index is 0.673. The fourth-order valence-electron chi connectivity index (χ4n) is 13.9. The van der Waals surface area contributed by atoms with Gasteiger partial charge in [0.1, 0.15) is 5.58 Å². The number of hydrogen-bond donors (Lipinski definition) is 0. The van der Waals surface area contributed by atoms with Gasteiger partial charge in [-0.15, -0.1) is 0 Å². The van der Waals surface area contributed by atoms with Crippen molar-refractivity contribution in [1.82, 2.24) is 9.97 Å². The van der Waals surface area contributed by atoms with Crippen molar-refractivity contribution in [3.05, 3.63) is 304 Å². The van der Waals surface area contributed by atoms with Crippen molar-refractivity contribution in [2.75, 3.05) is 9.80 Å². The lowest BCUT2D eigenvalue weighted by atomic mass is 9.91. The van der Waals surface area contributed by atoms with Crippen LogP contribution in [0.2, 0.25) is 0 Å². The first-order chi connectivity index (χ1) is 43.6. The van der Waals surface area contributed by atoms with Gasteiger partial charge in [0.2, 0.25) is 5.71 Å². The van der Waals surface area contributed by atoms with Gasteiger partial charge in [-0.05, 0) is 184 Å². The van der Waals surface area contributed by atoms with E-state index in [4.69, 9.17) is 13.8 Å². The largest absolute Gasteiger partial charge is 0.454 e. The molecule has 0 bridgehead atoms. The van der Waals surface area contributed by atoms with Crippen LogP contribution in [0.3, 0.4) is 0 Å². The molecule has 4 aromatic heterocycles. The van der Waals surface area contributed by atoms with Crippen molar-refractivity contribution in [3.63, 3.8) is 0 Å². The number of furan rings is 2. The van der Waals surface area contributed by atoms with Crippen LogP contribution in [0.25, 0.3) is 142 Å². The average Bonchev–Trinajstić information content (AvgIpc) is 1.50. The SMILES string of the molecule is c1ccc(N(c2ccc(-c3ccc4c(ccc5c6ccc(-c7nccc8oc9c(N(c%10ccccc%10)c%10ccc(-c%11cc%12ccc%13ccccc%13c%12c%12ccccc%11%12)cc%10)cccc9c78)cc6ccc45)c3)cc2)c2cccc3c2oc2ncccc23)cc1. The van der Waals surface area contributed by atoms with Crippen LogP contribution in [0.4, 0.5) is 34.1 Å². The van der Waals surface area contributed by atoms with Gasteiger partial charge in [0.05, 0.1) is 22.5 Å². The highest BCUT2D eigenvalue weighted by atomic mass is 16.3. The number of aromatic nitrogens is 2. The van der Waals surface area contributed by atoms with E-state index in [-0.39, 0.29) is 0 Å². The topological polar surface area (TPSA) is 58.5 Å². The molecule has 14 aromatic carbocycles. The van der Waals surface area contributed by atoms with Crippen LogP contribution in [0.15, 0.2) is 312 Å². The van der Waals surface area contributed by atoms with Crippen LogP contribution in [0, 0.1) is 0 Å². The monoisotopic (exact) mass is 1120 g/mol. The Hall–Kier alpha value is -11.9. The number of fused-ring (bicyclic) bond motifs is 16. The third-order valence-corrected chi connectivity index (χ3v) is 17.9. The minimum atomic E-state index is 0.632. The molecule has 0 fully saturated rings. The van der Waals surface area contributed by atoms with E-state index in [2.05, 4.69) is 288 Å². The molecule has 18 rings (SSSR count). The third kappa shape index (κ3) is 7.89. The summed E-state index contributed by atoms with van der Waals surface area (Å²) in [5.41, 5.74) is 15.6. The van der Waals surface area contributed by atoms with Crippen LogP contribution in [0.5, 0.6) is 0 Å². The zero-order chi connectivity index (χ0) is 57.8. The lowest BCUT2D eigenvalue weighted by Crippen LogP contribution is -2.10. The van der Waals surface area contributed by atoms with E-state index in [1.807, 2.05) is 24.4 Å². The molecule has 0 atom stereocenters.